The molecule has 0 bridgehead atoms. The number of ether oxygens (including phenoxy) is 1. The van der Waals surface area contributed by atoms with E-state index in [1.54, 1.807) is 0 Å². The van der Waals surface area contributed by atoms with Gasteiger partial charge in [-0.1, -0.05) is 0 Å². The molecule has 4 rings (SSSR count). The Morgan fingerprint density at radius 1 is 1.03 bits per heavy atom. The van der Waals surface area contributed by atoms with Crippen molar-refractivity contribution in [2.75, 3.05) is 50.2 Å². The fraction of sp³-hybridized carbons (Fsp3) is 0.583. The molecule has 2 aliphatic heterocycles. The molecule has 2 aliphatic rings. The molecule has 2 saturated heterocycles. The van der Waals surface area contributed by atoms with Gasteiger partial charge >= 0.3 is 0 Å². The van der Waals surface area contributed by atoms with Crippen molar-refractivity contribution in [3.63, 3.8) is 0 Å². The second-order valence-corrected chi connectivity index (χ2v) is 8.72. The van der Waals surface area contributed by atoms with Gasteiger partial charge in [0.1, 0.15) is 0 Å². The van der Waals surface area contributed by atoms with E-state index >= 15 is 0 Å². The molecule has 0 amide bonds. The molecule has 29 heavy (non-hydrogen) atoms. The maximum absolute atomic E-state index is 5.56. The highest BCUT2D eigenvalue weighted by molar-refractivity contribution is 5.73. The molecule has 0 radical (unpaired) electrons. The molecule has 0 aromatic carbocycles. The van der Waals surface area contributed by atoms with Gasteiger partial charge in [-0.15, -0.1) is 0 Å². The van der Waals surface area contributed by atoms with E-state index in [9.17, 15) is 0 Å². The topological polar surface area (TPSA) is 41.5 Å². The summed E-state index contributed by atoms with van der Waals surface area (Å²) >= 11 is 0. The summed E-state index contributed by atoms with van der Waals surface area (Å²) in [5.41, 5.74) is 7.13. The van der Waals surface area contributed by atoms with Gasteiger partial charge in [0.15, 0.2) is 0 Å². The number of hydrogen-bond donors (Lipinski definition) is 0. The van der Waals surface area contributed by atoms with Gasteiger partial charge in [-0.25, -0.2) is 0 Å². The van der Waals surface area contributed by atoms with E-state index in [0.717, 1.165) is 56.9 Å². The Labute approximate surface area is 175 Å². The number of rotatable bonds is 5. The Balaban J connectivity index is 1.70. The zero-order valence-corrected chi connectivity index (χ0v) is 18.2. The molecule has 156 valence electrons. The number of piperidine rings is 1. The third-order valence-corrected chi connectivity index (χ3v) is 6.37. The van der Waals surface area contributed by atoms with Gasteiger partial charge in [-0.2, -0.15) is 0 Å². The van der Waals surface area contributed by atoms with E-state index in [1.807, 2.05) is 6.20 Å². The molecule has 2 aromatic rings. The van der Waals surface area contributed by atoms with Gasteiger partial charge in [-0.3, -0.25) is 9.97 Å². The fourth-order valence-corrected chi connectivity index (χ4v) is 4.48. The Morgan fingerprint density at radius 2 is 1.79 bits per heavy atom. The standard InChI is InChI=1S/C24H34N4O/c1-18-22(15-21(17-25-18)27(2)3)20-14-24(28-9-5-4-6-10-28)23(26-16-20)13-19-7-11-29-12-8-19/h14-17,19H,4-13H2,1-3H3. The molecule has 0 N–H and O–H groups in total. The van der Waals surface area contributed by atoms with E-state index in [1.165, 1.54) is 41.8 Å². The largest absolute Gasteiger partial charge is 0.381 e. The summed E-state index contributed by atoms with van der Waals surface area (Å²) in [5.74, 6) is 0.686. The molecule has 0 atom stereocenters. The SMILES string of the molecule is Cc1ncc(N(C)C)cc1-c1cnc(CC2CCOCC2)c(N2CCCCC2)c1. The second-order valence-electron chi connectivity index (χ2n) is 8.72. The van der Waals surface area contributed by atoms with Gasteiger partial charge in [0.05, 0.1) is 23.3 Å². The third kappa shape index (κ3) is 4.72. The summed E-state index contributed by atoms with van der Waals surface area (Å²) in [6, 6.07) is 4.61. The lowest BCUT2D eigenvalue weighted by Crippen LogP contribution is -2.31. The summed E-state index contributed by atoms with van der Waals surface area (Å²) in [4.78, 5) is 14.3. The van der Waals surface area contributed by atoms with Gasteiger partial charge in [0, 0.05) is 63.4 Å². The molecule has 0 saturated carbocycles. The smallest absolute Gasteiger partial charge is 0.0639 e. The fourth-order valence-electron chi connectivity index (χ4n) is 4.48. The molecule has 0 unspecified atom stereocenters. The van der Waals surface area contributed by atoms with Crippen LogP contribution in [0.2, 0.25) is 0 Å². The first-order valence-corrected chi connectivity index (χ1v) is 11.1. The highest BCUT2D eigenvalue weighted by Crippen LogP contribution is 2.33. The highest BCUT2D eigenvalue weighted by Gasteiger charge is 2.21. The lowest BCUT2D eigenvalue weighted by atomic mass is 9.93. The van der Waals surface area contributed by atoms with Crippen LogP contribution in [0.25, 0.3) is 11.1 Å². The summed E-state index contributed by atoms with van der Waals surface area (Å²) in [6.07, 6.45) is 11.3. The molecule has 2 fully saturated rings. The maximum Gasteiger partial charge on any atom is 0.0639 e. The minimum atomic E-state index is 0.686. The molecule has 4 heterocycles. The zero-order chi connectivity index (χ0) is 20.2. The van der Waals surface area contributed by atoms with Crippen molar-refractivity contribution in [2.45, 2.75) is 45.4 Å². The van der Waals surface area contributed by atoms with Crippen LogP contribution in [0.5, 0.6) is 0 Å². The van der Waals surface area contributed by atoms with Crippen LogP contribution in [0.15, 0.2) is 24.5 Å². The summed E-state index contributed by atoms with van der Waals surface area (Å²) < 4.78 is 5.56. The molecular weight excluding hydrogens is 360 g/mol. The summed E-state index contributed by atoms with van der Waals surface area (Å²) in [5, 5.41) is 0. The van der Waals surface area contributed by atoms with Crippen LogP contribution in [-0.4, -0.2) is 50.4 Å². The van der Waals surface area contributed by atoms with E-state index < -0.39 is 0 Å². The Bertz CT molecular complexity index is 824. The van der Waals surface area contributed by atoms with Crippen LogP contribution >= 0.6 is 0 Å². The predicted octanol–water partition coefficient (Wildman–Crippen LogP) is 4.48. The Hall–Kier alpha value is -2.14. The van der Waals surface area contributed by atoms with Crippen molar-refractivity contribution < 1.29 is 4.74 Å². The van der Waals surface area contributed by atoms with Crippen molar-refractivity contribution in [3.05, 3.63) is 35.9 Å². The average molecular weight is 395 g/mol. The van der Waals surface area contributed by atoms with E-state index in [4.69, 9.17) is 9.72 Å². The highest BCUT2D eigenvalue weighted by atomic mass is 16.5. The van der Waals surface area contributed by atoms with Crippen LogP contribution in [0.3, 0.4) is 0 Å². The Kier molecular flexibility index (Phi) is 6.34. The van der Waals surface area contributed by atoms with Crippen molar-refractivity contribution in [2.24, 2.45) is 5.92 Å². The van der Waals surface area contributed by atoms with Crippen molar-refractivity contribution in [3.8, 4) is 11.1 Å². The first-order chi connectivity index (χ1) is 14.1. The van der Waals surface area contributed by atoms with E-state index in [-0.39, 0.29) is 0 Å². The summed E-state index contributed by atoms with van der Waals surface area (Å²) in [6.45, 7) is 6.15. The normalized spacial score (nSPS) is 18.1. The number of aromatic nitrogens is 2. The monoisotopic (exact) mass is 394 g/mol. The molecular formula is C24H34N4O. The van der Waals surface area contributed by atoms with Crippen LogP contribution in [0.4, 0.5) is 11.4 Å². The number of pyridine rings is 2. The van der Waals surface area contributed by atoms with Gasteiger partial charge in [-0.05, 0) is 63.5 Å². The number of aryl methyl sites for hydroxylation is 1. The van der Waals surface area contributed by atoms with Crippen molar-refractivity contribution in [1.82, 2.24) is 9.97 Å². The minimum absolute atomic E-state index is 0.686. The van der Waals surface area contributed by atoms with Crippen LogP contribution in [0.1, 0.15) is 43.5 Å². The lowest BCUT2D eigenvalue weighted by molar-refractivity contribution is 0.0663. The van der Waals surface area contributed by atoms with E-state index in [0.29, 0.717) is 5.92 Å². The number of anilines is 2. The minimum Gasteiger partial charge on any atom is -0.381 e. The van der Waals surface area contributed by atoms with Gasteiger partial charge in [0.25, 0.3) is 0 Å². The molecule has 5 heteroatoms. The first kappa shape index (κ1) is 20.1. The molecule has 0 spiro atoms. The van der Waals surface area contributed by atoms with Crippen molar-refractivity contribution >= 4 is 11.4 Å². The summed E-state index contributed by atoms with van der Waals surface area (Å²) in [7, 11) is 4.12. The molecule has 5 nitrogen and oxygen atoms in total. The van der Waals surface area contributed by atoms with Gasteiger partial charge < -0.3 is 14.5 Å². The quantitative estimate of drug-likeness (QED) is 0.748. The lowest BCUT2D eigenvalue weighted by Gasteiger charge is -2.32. The number of nitrogens with zero attached hydrogens (tertiary/aromatic N) is 4. The van der Waals surface area contributed by atoms with Crippen molar-refractivity contribution in [1.29, 1.82) is 0 Å². The zero-order valence-electron chi connectivity index (χ0n) is 18.2. The number of hydrogen-bond acceptors (Lipinski definition) is 5. The van der Waals surface area contributed by atoms with Crippen LogP contribution < -0.4 is 9.80 Å². The molecule has 2 aromatic heterocycles. The first-order valence-electron chi connectivity index (χ1n) is 11.1. The second kappa shape index (κ2) is 9.12. The maximum atomic E-state index is 5.56. The molecule has 0 aliphatic carbocycles. The van der Waals surface area contributed by atoms with E-state index in [2.05, 4.69) is 54.1 Å². The Morgan fingerprint density at radius 3 is 2.52 bits per heavy atom. The average Bonchev–Trinajstić information content (AvgIpc) is 2.75. The third-order valence-electron chi connectivity index (χ3n) is 6.37. The van der Waals surface area contributed by atoms with Gasteiger partial charge in [0.2, 0.25) is 0 Å². The van der Waals surface area contributed by atoms with Crippen LogP contribution in [0, 0.1) is 12.8 Å². The predicted molar refractivity (Wildman–Crippen MR) is 120 cm³/mol. The van der Waals surface area contributed by atoms with Crippen LogP contribution in [-0.2, 0) is 11.2 Å².